The zero-order valence-corrected chi connectivity index (χ0v) is 9.59. The maximum atomic E-state index is 11.7. The second-order valence-corrected chi connectivity index (χ2v) is 4.87. The lowest BCUT2D eigenvalue weighted by Crippen LogP contribution is -2.32. The first kappa shape index (κ1) is 10.1. The summed E-state index contributed by atoms with van der Waals surface area (Å²) in [6.45, 7) is 8.14. The molecule has 1 aromatic heterocycles. The molecule has 15 heavy (non-hydrogen) atoms. The quantitative estimate of drug-likeness (QED) is 0.761. The number of carbonyl (C=O) groups is 1. The molecule has 1 amide bonds. The molecule has 1 aliphatic rings. The van der Waals surface area contributed by atoms with Gasteiger partial charge in [-0.1, -0.05) is 19.9 Å². The van der Waals surface area contributed by atoms with Crippen LogP contribution in [0.4, 0.5) is 0 Å². The minimum atomic E-state index is -0.283. The summed E-state index contributed by atoms with van der Waals surface area (Å²) in [7, 11) is 0. The fraction of sp³-hybridized carbons (Fsp3) is 0.500. The number of hydrogen-bond acceptors (Lipinski definition) is 2. The normalized spacial score (nSPS) is 17.8. The Morgan fingerprint density at radius 3 is 2.60 bits per heavy atom. The molecule has 80 valence electrons. The Bertz CT molecular complexity index is 422. The van der Waals surface area contributed by atoms with Crippen LogP contribution in [0.5, 0.6) is 0 Å². The summed E-state index contributed by atoms with van der Waals surface area (Å²) in [5, 5.41) is 2.92. The maximum Gasteiger partial charge on any atom is 0.270 e. The van der Waals surface area contributed by atoms with Crippen molar-refractivity contribution >= 4 is 5.91 Å². The van der Waals surface area contributed by atoms with Crippen molar-refractivity contribution in [3.05, 3.63) is 29.1 Å². The van der Waals surface area contributed by atoms with Crippen molar-refractivity contribution in [2.75, 3.05) is 0 Å². The lowest BCUT2D eigenvalue weighted by atomic mass is 9.96. The van der Waals surface area contributed by atoms with Gasteiger partial charge in [-0.3, -0.25) is 4.79 Å². The lowest BCUT2D eigenvalue weighted by molar-refractivity contribution is 0.0936. The molecule has 3 heteroatoms. The van der Waals surface area contributed by atoms with Gasteiger partial charge in [-0.15, -0.1) is 0 Å². The zero-order valence-electron chi connectivity index (χ0n) is 9.59. The van der Waals surface area contributed by atoms with Crippen LogP contribution in [0, 0.1) is 0 Å². The minimum Gasteiger partial charge on any atom is -0.342 e. The van der Waals surface area contributed by atoms with Gasteiger partial charge in [0.05, 0.1) is 5.54 Å². The average Bonchev–Trinajstić information content (AvgIpc) is 2.37. The van der Waals surface area contributed by atoms with Gasteiger partial charge in [0.25, 0.3) is 5.91 Å². The van der Waals surface area contributed by atoms with Gasteiger partial charge in [-0.2, -0.15) is 0 Å². The summed E-state index contributed by atoms with van der Waals surface area (Å²) < 4.78 is 0. The van der Waals surface area contributed by atoms with E-state index in [-0.39, 0.29) is 11.4 Å². The summed E-state index contributed by atoms with van der Waals surface area (Å²) in [6, 6.07) is 4.01. The monoisotopic (exact) mass is 204 g/mol. The van der Waals surface area contributed by atoms with E-state index in [1.807, 2.05) is 26.0 Å². The van der Waals surface area contributed by atoms with Gasteiger partial charge in [0.2, 0.25) is 0 Å². The fourth-order valence-electron chi connectivity index (χ4n) is 1.88. The third-order valence-electron chi connectivity index (χ3n) is 2.82. The second-order valence-electron chi connectivity index (χ2n) is 4.87. The third-order valence-corrected chi connectivity index (χ3v) is 2.82. The molecule has 2 rings (SSSR count). The molecule has 0 aromatic carbocycles. The summed E-state index contributed by atoms with van der Waals surface area (Å²) in [5.41, 5.74) is 2.28. The largest absolute Gasteiger partial charge is 0.342 e. The lowest BCUT2D eigenvalue weighted by Gasteiger charge is -2.18. The van der Waals surface area contributed by atoms with Crippen LogP contribution in [-0.4, -0.2) is 10.9 Å². The molecular weight excluding hydrogens is 188 g/mol. The van der Waals surface area contributed by atoms with E-state index in [2.05, 4.69) is 24.1 Å². The van der Waals surface area contributed by atoms with E-state index in [4.69, 9.17) is 0 Å². The van der Waals surface area contributed by atoms with E-state index in [1.54, 1.807) is 0 Å². The Balaban J connectivity index is 2.56. The molecule has 1 N–H and O–H groups in total. The highest BCUT2D eigenvalue weighted by Crippen LogP contribution is 2.30. The number of fused-ring (bicyclic) bond motifs is 1. The number of hydrogen-bond donors (Lipinski definition) is 1. The van der Waals surface area contributed by atoms with Gasteiger partial charge >= 0.3 is 0 Å². The predicted octanol–water partition coefficient (Wildman–Crippen LogP) is 2.18. The van der Waals surface area contributed by atoms with Crippen LogP contribution in [-0.2, 0) is 5.54 Å². The molecule has 0 atom stereocenters. The molecule has 2 heterocycles. The summed E-state index contributed by atoms with van der Waals surface area (Å²) >= 11 is 0. The molecule has 0 fully saturated rings. The van der Waals surface area contributed by atoms with Gasteiger partial charge in [0.1, 0.15) is 5.69 Å². The number of nitrogens with zero attached hydrogens (tertiary/aromatic N) is 1. The van der Waals surface area contributed by atoms with Crippen LogP contribution in [0.3, 0.4) is 0 Å². The van der Waals surface area contributed by atoms with E-state index in [0.717, 1.165) is 11.3 Å². The molecule has 0 unspecified atom stereocenters. The number of pyridine rings is 1. The summed E-state index contributed by atoms with van der Waals surface area (Å²) in [4.78, 5) is 16.1. The third kappa shape index (κ3) is 1.52. The Morgan fingerprint density at radius 2 is 2.00 bits per heavy atom. The Hall–Kier alpha value is -1.38. The van der Waals surface area contributed by atoms with E-state index < -0.39 is 0 Å². The molecule has 0 aliphatic carbocycles. The Labute approximate surface area is 89.9 Å². The number of rotatable bonds is 1. The highest BCUT2D eigenvalue weighted by molar-refractivity contribution is 5.98. The molecule has 3 nitrogen and oxygen atoms in total. The highest BCUT2D eigenvalue weighted by atomic mass is 16.2. The first-order valence-electron chi connectivity index (χ1n) is 5.26. The van der Waals surface area contributed by atoms with Crippen LogP contribution in [0.1, 0.15) is 55.4 Å². The molecule has 0 bridgehead atoms. The smallest absolute Gasteiger partial charge is 0.270 e. The van der Waals surface area contributed by atoms with Crippen LogP contribution < -0.4 is 5.32 Å². The first-order chi connectivity index (χ1) is 6.92. The van der Waals surface area contributed by atoms with Gasteiger partial charge in [-0.05, 0) is 25.8 Å². The van der Waals surface area contributed by atoms with Crippen molar-refractivity contribution in [3.8, 4) is 0 Å². The second kappa shape index (κ2) is 3.05. The standard InChI is InChI=1S/C12H16N2O/c1-7(2)9-6-5-8-10(13-9)11(15)14-12(8,3)4/h5-7H,1-4H3,(H,14,15). The number of carbonyl (C=O) groups excluding carboxylic acids is 1. The molecule has 0 saturated heterocycles. The van der Waals surface area contributed by atoms with Crippen molar-refractivity contribution in [1.29, 1.82) is 0 Å². The molecule has 1 aromatic rings. The predicted molar refractivity (Wildman–Crippen MR) is 58.8 cm³/mol. The van der Waals surface area contributed by atoms with Gasteiger partial charge in [0.15, 0.2) is 0 Å². The van der Waals surface area contributed by atoms with E-state index >= 15 is 0 Å². The molecule has 1 aliphatic heterocycles. The summed E-state index contributed by atoms with van der Waals surface area (Å²) in [6.07, 6.45) is 0. The van der Waals surface area contributed by atoms with Crippen LogP contribution in [0.2, 0.25) is 0 Å². The SMILES string of the molecule is CC(C)c1ccc2c(n1)C(=O)NC2(C)C. The molecule has 0 radical (unpaired) electrons. The van der Waals surface area contributed by atoms with E-state index in [1.165, 1.54) is 0 Å². The molecular formula is C12H16N2O. The maximum absolute atomic E-state index is 11.7. The number of amides is 1. The van der Waals surface area contributed by atoms with Crippen LogP contribution >= 0.6 is 0 Å². The summed E-state index contributed by atoms with van der Waals surface area (Å²) in [5.74, 6) is 0.296. The van der Waals surface area contributed by atoms with Gasteiger partial charge < -0.3 is 5.32 Å². The average molecular weight is 204 g/mol. The zero-order chi connectivity index (χ0) is 11.2. The Kier molecular flexibility index (Phi) is 2.07. The fourth-order valence-corrected chi connectivity index (χ4v) is 1.88. The van der Waals surface area contributed by atoms with Crippen molar-refractivity contribution in [3.63, 3.8) is 0 Å². The van der Waals surface area contributed by atoms with Crippen LogP contribution in [0.25, 0.3) is 0 Å². The Morgan fingerprint density at radius 1 is 1.33 bits per heavy atom. The highest BCUT2D eigenvalue weighted by Gasteiger charge is 2.36. The van der Waals surface area contributed by atoms with Crippen LogP contribution in [0.15, 0.2) is 12.1 Å². The van der Waals surface area contributed by atoms with Crippen molar-refractivity contribution in [2.24, 2.45) is 0 Å². The topological polar surface area (TPSA) is 42.0 Å². The van der Waals surface area contributed by atoms with Gasteiger partial charge in [-0.25, -0.2) is 4.98 Å². The van der Waals surface area contributed by atoms with E-state index in [9.17, 15) is 4.79 Å². The van der Waals surface area contributed by atoms with E-state index in [0.29, 0.717) is 11.6 Å². The van der Waals surface area contributed by atoms with Crippen molar-refractivity contribution in [1.82, 2.24) is 10.3 Å². The number of nitrogens with one attached hydrogen (secondary N) is 1. The minimum absolute atomic E-state index is 0.0579. The van der Waals surface area contributed by atoms with Crippen molar-refractivity contribution in [2.45, 2.75) is 39.2 Å². The molecule has 0 spiro atoms. The van der Waals surface area contributed by atoms with Gasteiger partial charge in [0, 0.05) is 11.3 Å². The first-order valence-corrected chi connectivity index (χ1v) is 5.26. The van der Waals surface area contributed by atoms with Crippen molar-refractivity contribution < 1.29 is 4.79 Å². The number of aromatic nitrogens is 1. The molecule has 0 saturated carbocycles.